The van der Waals surface area contributed by atoms with Gasteiger partial charge in [-0.1, -0.05) is 194 Å². The minimum atomic E-state index is -3.44. The standard InChI is InChI=1S/C27H27N3O3.C26H25N3O3.C22H26N2O4S.C21H24N2O4S/c1-18-5-3-4-6-22(18)19-7-9-20(10-8-19)26-23-15-29(27(32)21-11-13-28-14-12-21)16-25(31)30(23)24(26)17-33-2;1-17-4-2-3-5-21(17)18-6-8-19(9-7-18)25-22-14-28(15-24(31)29(22)23(25)16-30)26(32)20-10-12-27-13-11-20;1-15-6-4-5-7-18(15)16-8-10-17(11-9-16)22-19-12-23(29(3,26)27)13-21(25)24(19)20(22)14-28-2;1-14-5-3-4-6-17(14)15-7-9-16(10-8-15)21-18-11-22(28(2,26)27)12-20(25)23(18)19(21)13-24/h3-14,23-24,26H,15-17H2,1-2H3;2-13,22-23,25,30H,14-16H2,1H3;4-11,19-20,22H,12-14H2,1-3H3;3-10,18-19,21,24H,11-13H2,1-2H3/t23-,24+,26-;22-,23+,25-;19-,20+,22-;18-,19+,21-/m1100/s1. The first-order chi connectivity index (χ1) is 58.8. The zero-order chi connectivity index (χ0) is 86.0. The number of pyridine rings is 2. The van der Waals surface area contributed by atoms with Gasteiger partial charge in [-0.25, -0.2) is 16.8 Å². The van der Waals surface area contributed by atoms with Gasteiger partial charge in [-0.15, -0.1) is 0 Å². The summed E-state index contributed by atoms with van der Waals surface area (Å²) in [5, 5.41) is 19.9. The smallest absolute Gasteiger partial charge is 0.254 e. The summed E-state index contributed by atoms with van der Waals surface area (Å²) in [6, 6.07) is 72.0. The van der Waals surface area contributed by atoms with Crippen LogP contribution in [0, 0.1) is 27.7 Å². The lowest BCUT2D eigenvalue weighted by atomic mass is 9.73. The maximum atomic E-state index is 13.0. The van der Waals surface area contributed by atoms with Crippen LogP contribution in [0.3, 0.4) is 0 Å². The molecule has 0 saturated carbocycles. The highest BCUT2D eigenvalue weighted by molar-refractivity contribution is 7.88. The van der Waals surface area contributed by atoms with Gasteiger partial charge in [-0.2, -0.15) is 8.61 Å². The Balaban J connectivity index is 0.000000127. The Morgan fingerprint density at radius 1 is 0.352 bits per heavy atom. The molecule has 2 aromatic heterocycles. The van der Waals surface area contributed by atoms with Gasteiger partial charge in [0.2, 0.25) is 43.7 Å². The predicted octanol–water partition coefficient (Wildman–Crippen LogP) is 10.2. The lowest BCUT2D eigenvalue weighted by Crippen LogP contribution is -2.73. The number of nitrogens with zero attached hydrogens (tertiary/aromatic N) is 10. The van der Waals surface area contributed by atoms with Gasteiger partial charge in [-0.3, -0.25) is 38.7 Å². The molecule has 8 aromatic carbocycles. The van der Waals surface area contributed by atoms with Gasteiger partial charge in [-0.05, 0) is 141 Å². The second-order valence-corrected chi connectivity index (χ2v) is 36.8. The monoisotopic (exact) mass is 1680 g/mol. The number of aryl methyl sites for hydroxylation is 4. The second kappa shape index (κ2) is 36.3. The van der Waals surface area contributed by atoms with E-state index in [0.29, 0.717) is 44.0 Å². The number of sulfonamides is 2. The van der Waals surface area contributed by atoms with Crippen LogP contribution in [0.4, 0.5) is 0 Å². The molecule has 8 aliphatic heterocycles. The fourth-order valence-electron chi connectivity index (χ4n) is 19.5. The summed E-state index contributed by atoms with van der Waals surface area (Å²) in [5.74, 6) is -0.751. The lowest BCUT2D eigenvalue weighted by Gasteiger charge is -2.59. The van der Waals surface area contributed by atoms with Crippen molar-refractivity contribution in [2.75, 3.05) is 106 Å². The van der Waals surface area contributed by atoms with Gasteiger partial charge in [0.15, 0.2) is 0 Å². The number of fused-ring (bicyclic) bond motifs is 4. The number of rotatable bonds is 18. The Morgan fingerprint density at radius 2 is 0.598 bits per heavy atom. The molecule has 632 valence electrons. The van der Waals surface area contributed by atoms with E-state index in [1.807, 2.05) is 76.5 Å². The highest BCUT2D eigenvalue weighted by atomic mass is 32.2. The van der Waals surface area contributed by atoms with E-state index in [2.05, 4.69) is 165 Å². The van der Waals surface area contributed by atoms with E-state index in [9.17, 15) is 55.8 Å². The van der Waals surface area contributed by atoms with Crippen LogP contribution in [0.25, 0.3) is 44.5 Å². The average molecular weight is 1680 g/mol. The van der Waals surface area contributed by atoms with Crippen LogP contribution in [0.2, 0.25) is 0 Å². The van der Waals surface area contributed by atoms with Gasteiger partial charge in [0.1, 0.15) is 13.1 Å². The molecule has 8 aliphatic rings. The lowest BCUT2D eigenvalue weighted by molar-refractivity contribution is -0.160. The molecule has 26 heteroatoms. The van der Waals surface area contributed by atoms with Crippen LogP contribution in [-0.4, -0.2) is 264 Å². The number of benzene rings is 8. The maximum absolute atomic E-state index is 13.0. The Kier molecular flexibility index (Phi) is 25.4. The number of methoxy groups -OCH3 is 2. The third-order valence-electron chi connectivity index (χ3n) is 25.6. The number of aromatic nitrogens is 2. The number of carbonyl (C=O) groups excluding carboxylic acids is 6. The van der Waals surface area contributed by atoms with E-state index in [-0.39, 0.29) is 153 Å². The second-order valence-electron chi connectivity index (χ2n) is 32.8. The predicted molar refractivity (Wildman–Crippen MR) is 466 cm³/mol. The average Bonchev–Trinajstić information content (AvgIpc) is 0.738. The third-order valence-corrected chi connectivity index (χ3v) is 28.1. The third kappa shape index (κ3) is 17.2. The molecular weight excluding hydrogens is 1580 g/mol. The molecule has 10 heterocycles. The molecule has 24 nitrogen and oxygen atoms in total. The molecule has 0 radical (unpaired) electrons. The minimum absolute atomic E-state index is 0.0112. The van der Waals surface area contributed by atoms with E-state index < -0.39 is 20.0 Å². The van der Waals surface area contributed by atoms with Gasteiger partial charge >= 0.3 is 0 Å². The number of hydrogen-bond donors (Lipinski definition) is 2. The largest absolute Gasteiger partial charge is 0.394 e. The SMILES string of the molecule is COC[C@@H]1[C@@H](c2ccc(-c3ccccc3C)cc2)[C@@H]2CN(S(C)(=O)=O)CC(=O)N12.COC[C@H]1[C@H](c2ccc(-c3ccccc3C)cc2)[C@H]2CN(C(=O)c3ccncc3)CC(=O)N21.Cc1ccccc1-c1ccc([C@@H]2[C@@H](CO)N3C(=O)CN(S(C)(=O)=O)C[C@@H]23)cc1.Cc1ccccc1-c1ccc([C@@H]2[C@H]3CN(C(=O)c4ccncc4)CC(=O)N3[C@H]2CO)cc1. The van der Waals surface area contributed by atoms with E-state index in [4.69, 9.17) is 9.47 Å². The van der Waals surface area contributed by atoms with E-state index in [1.54, 1.807) is 82.9 Å². The van der Waals surface area contributed by atoms with Gasteiger partial charge in [0.05, 0.1) is 100 Å². The van der Waals surface area contributed by atoms with Crippen molar-refractivity contribution in [2.24, 2.45) is 0 Å². The normalized spacial score (nSPS) is 23.5. The first-order valence-corrected chi connectivity index (χ1v) is 44.9. The highest BCUT2D eigenvalue weighted by Gasteiger charge is 2.59. The van der Waals surface area contributed by atoms with Gasteiger partial charge < -0.3 is 49.1 Å². The molecule has 8 fully saturated rings. The number of ether oxygens (including phenoxy) is 2. The summed E-state index contributed by atoms with van der Waals surface area (Å²) in [6.45, 7) is 10.5. The van der Waals surface area contributed by atoms with Crippen molar-refractivity contribution >= 4 is 55.5 Å². The first kappa shape index (κ1) is 85.5. The Bertz CT molecular complexity index is 5740. The molecule has 2 N–H and O–H groups in total. The minimum Gasteiger partial charge on any atom is -0.394 e. The van der Waals surface area contributed by atoms with Crippen LogP contribution in [0.1, 0.15) is 88.9 Å². The zero-order valence-electron chi connectivity index (χ0n) is 69.6. The fraction of sp³-hybridized carbons (Fsp3) is 0.333. The van der Waals surface area contributed by atoms with E-state index in [1.165, 1.54) is 64.2 Å². The molecule has 122 heavy (non-hydrogen) atoms. The van der Waals surface area contributed by atoms with Gasteiger partial charge in [0, 0.05) is 100.0 Å². The van der Waals surface area contributed by atoms with Crippen LogP contribution in [0.15, 0.2) is 243 Å². The summed E-state index contributed by atoms with van der Waals surface area (Å²) >= 11 is 0. The van der Waals surface area contributed by atoms with Crippen molar-refractivity contribution in [3.63, 3.8) is 0 Å². The Hall–Kier alpha value is -11.5. The molecule has 6 amide bonds. The number of aliphatic hydroxyl groups is 2. The summed E-state index contributed by atoms with van der Waals surface area (Å²) in [4.78, 5) is 95.2. The summed E-state index contributed by atoms with van der Waals surface area (Å²) in [6.07, 6.45) is 8.64. The van der Waals surface area contributed by atoms with Crippen molar-refractivity contribution < 1.29 is 65.3 Å². The Morgan fingerprint density at radius 3 is 0.852 bits per heavy atom. The molecule has 10 aromatic rings. The molecule has 0 unspecified atom stereocenters. The van der Waals surface area contributed by atoms with Crippen LogP contribution in [-0.2, 0) is 48.7 Å². The number of amides is 6. The van der Waals surface area contributed by atoms with Crippen LogP contribution in [0.5, 0.6) is 0 Å². The molecule has 12 atom stereocenters. The molecule has 8 saturated heterocycles. The molecule has 0 aliphatic carbocycles. The molecule has 18 rings (SSSR count). The van der Waals surface area contributed by atoms with E-state index in [0.717, 1.165) is 45.9 Å². The van der Waals surface area contributed by atoms with Gasteiger partial charge in [0.25, 0.3) is 11.8 Å². The summed E-state index contributed by atoms with van der Waals surface area (Å²) in [7, 11) is -3.55. The number of piperazine rings is 4. The topological polar surface area (TPSA) is 281 Å². The van der Waals surface area contributed by atoms with Crippen molar-refractivity contribution in [2.45, 2.75) is 99.7 Å². The number of aliphatic hydroxyl groups excluding tert-OH is 2. The molecule has 0 bridgehead atoms. The summed E-state index contributed by atoms with van der Waals surface area (Å²) in [5.41, 5.74) is 19.6. The number of hydrogen-bond acceptors (Lipinski definition) is 16. The van der Waals surface area contributed by atoms with Crippen LogP contribution < -0.4 is 0 Å². The maximum Gasteiger partial charge on any atom is 0.254 e. The first-order valence-electron chi connectivity index (χ1n) is 41.2. The van der Waals surface area contributed by atoms with Crippen molar-refractivity contribution in [3.05, 3.63) is 299 Å². The number of carbonyl (C=O) groups is 6. The highest BCUT2D eigenvalue weighted by Crippen LogP contribution is 2.49. The quantitative estimate of drug-likeness (QED) is 0.0808. The van der Waals surface area contributed by atoms with E-state index >= 15 is 0 Å². The molecule has 0 spiro atoms. The summed E-state index contributed by atoms with van der Waals surface area (Å²) < 4.78 is 61.3. The van der Waals surface area contributed by atoms with Crippen molar-refractivity contribution in [1.82, 2.24) is 48.0 Å². The Labute approximate surface area is 713 Å². The zero-order valence-corrected chi connectivity index (χ0v) is 71.2. The fourth-order valence-corrected chi connectivity index (χ4v) is 21.1. The van der Waals surface area contributed by atoms with Crippen LogP contribution >= 0.6 is 0 Å². The van der Waals surface area contributed by atoms with Crippen molar-refractivity contribution in [1.29, 1.82) is 0 Å². The molecular formula is C96H102N10O14S2. The van der Waals surface area contributed by atoms with Crippen molar-refractivity contribution in [3.8, 4) is 44.5 Å².